The van der Waals surface area contributed by atoms with E-state index in [1.165, 1.54) is 50.3 Å². The minimum absolute atomic E-state index is 0.555. The van der Waals surface area contributed by atoms with Crippen LogP contribution in [0.4, 0.5) is 6.01 Å². The molecule has 0 spiro atoms. The third-order valence-corrected chi connectivity index (χ3v) is 5.60. The second-order valence-electron chi connectivity index (χ2n) is 6.06. The molecule has 110 valence electrons. The molecule has 3 aliphatic rings. The number of piperidine rings is 1. The molecule has 0 N–H and O–H groups in total. The van der Waals surface area contributed by atoms with E-state index in [0.717, 1.165) is 31.0 Å². The molecule has 6 heteroatoms. The SMILES string of the molecule is C1CN(C2CCN(c3nnc(C4CC4)o3)CC2)CCS1. The van der Waals surface area contributed by atoms with Gasteiger partial charge in [0.15, 0.2) is 0 Å². The number of nitrogens with zero attached hydrogens (tertiary/aromatic N) is 4. The summed E-state index contributed by atoms with van der Waals surface area (Å²) in [6.07, 6.45) is 4.89. The van der Waals surface area contributed by atoms with Crippen molar-refractivity contribution in [2.75, 3.05) is 42.6 Å². The van der Waals surface area contributed by atoms with Gasteiger partial charge in [-0.15, -0.1) is 5.10 Å². The Balaban J connectivity index is 1.33. The van der Waals surface area contributed by atoms with Crippen LogP contribution in [0, 0.1) is 0 Å². The van der Waals surface area contributed by atoms with E-state index in [9.17, 15) is 0 Å². The summed E-state index contributed by atoms with van der Waals surface area (Å²) in [6, 6.07) is 1.51. The summed E-state index contributed by atoms with van der Waals surface area (Å²) in [6.45, 7) is 4.64. The topological polar surface area (TPSA) is 45.4 Å². The van der Waals surface area contributed by atoms with E-state index in [2.05, 4.69) is 31.8 Å². The number of aromatic nitrogens is 2. The van der Waals surface area contributed by atoms with E-state index in [1.54, 1.807) is 0 Å². The predicted octanol–water partition coefficient (Wildman–Crippen LogP) is 1.96. The van der Waals surface area contributed by atoms with Gasteiger partial charge in [0.2, 0.25) is 5.89 Å². The molecule has 0 bridgehead atoms. The molecule has 3 heterocycles. The van der Waals surface area contributed by atoms with Gasteiger partial charge in [0.05, 0.1) is 0 Å². The highest BCUT2D eigenvalue weighted by molar-refractivity contribution is 7.99. The third-order valence-electron chi connectivity index (χ3n) is 4.65. The zero-order chi connectivity index (χ0) is 13.4. The zero-order valence-electron chi connectivity index (χ0n) is 11.8. The van der Waals surface area contributed by atoms with Crippen LogP contribution in [0.15, 0.2) is 4.42 Å². The molecule has 0 unspecified atom stereocenters. The van der Waals surface area contributed by atoms with Crippen molar-refractivity contribution in [3.8, 4) is 0 Å². The molecular weight excluding hydrogens is 272 g/mol. The number of thioether (sulfide) groups is 1. The van der Waals surface area contributed by atoms with Gasteiger partial charge in [-0.25, -0.2) is 0 Å². The van der Waals surface area contributed by atoms with Crippen molar-refractivity contribution in [1.29, 1.82) is 0 Å². The fourth-order valence-electron chi connectivity index (χ4n) is 3.21. The van der Waals surface area contributed by atoms with E-state index >= 15 is 0 Å². The Morgan fingerprint density at radius 3 is 2.40 bits per heavy atom. The lowest BCUT2D eigenvalue weighted by Crippen LogP contribution is -2.47. The van der Waals surface area contributed by atoms with E-state index in [0.29, 0.717) is 5.92 Å². The van der Waals surface area contributed by atoms with Gasteiger partial charge in [-0.05, 0) is 25.7 Å². The number of hydrogen-bond acceptors (Lipinski definition) is 6. The Morgan fingerprint density at radius 1 is 0.950 bits per heavy atom. The lowest BCUT2D eigenvalue weighted by molar-refractivity contribution is 0.184. The molecule has 3 fully saturated rings. The Kier molecular flexibility index (Phi) is 3.60. The molecule has 1 aliphatic carbocycles. The van der Waals surface area contributed by atoms with Crippen LogP contribution in [0.3, 0.4) is 0 Å². The molecule has 0 aromatic carbocycles. The Morgan fingerprint density at radius 2 is 1.70 bits per heavy atom. The highest BCUT2D eigenvalue weighted by Gasteiger charge is 2.32. The summed E-state index contributed by atoms with van der Waals surface area (Å²) in [5.74, 6) is 4.01. The van der Waals surface area contributed by atoms with Crippen molar-refractivity contribution >= 4 is 17.8 Å². The third kappa shape index (κ3) is 2.68. The van der Waals surface area contributed by atoms with Gasteiger partial charge in [-0.3, -0.25) is 4.90 Å². The van der Waals surface area contributed by atoms with Crippen molar-refractivity contribution < 1.29 is 4.42 Å². The maximum atomic E-state index is 5.81. The average Bonchev–Trinajstić information content (AvgIpc) is 3.26. The normalized spacial score (nSPS) is 26.1. The van der Waals surface area contributed by atoms with Crippen LogP contribution in [0.2, 0.25) is 0 Å². The first-order valence-electron chi connectivity index (χ1n) is 7.80. The van der Waals surface area contributed by atoms with Crippen molar-refractivity contribution in [2.24, 2.45) is 0 Å². The van der Waals surface area contributed by atoms with Crippen LogP contribution in [0.25, 0.3) is 0 Å². The lowest BCUT2D eigenvalue weighted by Gasteiger charge is -2.39. The van der Waals surface area contributed by atoms with Crippen LogP contribution in [-0.2, 0) is 0 Å². The largest absolute Gasteiger partial charge is 0.408 e. The van der Waals surface area contributed by atoms with Crippen LogP contribution >= 0.6 is 11.8 Å². The first-order valence-corrected chi connectivity index (χ1v) is 8.96. The van der Waals surface area contributed by atoms with Crippen LogP contribution in [0.5, 0.6) is 0 Å². The minimum atomic E-state index is 0.555. The van der Waals surface area contributed by atoms with Gasteiger partial charge in [0.25, 0.3) is 0 Å². The second-order valence-corrected chi connectivity index (χ2v) is 7.29. The first kappa shape index (κ1) is 13.0. The summed E-state index contributed by atoms with van der Waals surface area (Å²) in [4.78, 5) is 4.95. The van der Waals surface area contributed by atoms with Gasteiger partial charge >= 0.3 is 6.01 Å². The molecule has 1 aromatic rings. The summed E-state index contributed by atoms with van der Waals surface area (Å²) in [5, 5.41) is 8.42. The Labute approximate surface area is 124 Å². The van der Waals surface area contributed by atoms with Gasteiger partial charge in [0.1, 0.15) is 0 Å². The zero-order valence-corrected chi connectivity index (χ0v) is 12.6. The second kappa shape index (κ2) is 5.56. The van der Waals surface area contributed by atoms with Crippen molar-refractivity contribution in [1.82, 2.24) is 15.1 Å². The van der Waals surface area contributed by atoms with Crippen LogP contribution in [-0.4, -0.2) is 58.8 Å². The molecule has 0 amide bonds. The van der Waals surface area contributed by atoms with Gasteiger partial charge < -0.3 is 9.32 Å². The predicted molar refractivity (Wildman–Crippen MR) is 80.4 cm³/mol. The summed E-state index contributed by atoms with van der Waals surface area (Å²) in [7, 11) is 0. The average molecular weight is 294 g/mol. The standard InChI is InChI=1S/C14H22N4OS/c1-2-11(1)13-15-16-14(19-13)18-5-3-12(4-6-18)17-7-9-20-10-8-17/h11-12H,1-10H2. The molecular formula is C14H22N4OS. The molecule has 20 heavy (non-hydrogen) atoms. The fraction of sp³-hybridized carbons (Fsp3) is 0.857. The van der Waals surface area contributed by atoms with Gasteiger partial charge in [-0.1, -0.05) is 5.10 Å². The molecule has 2 aliphatic heterocycles. The van der Waals surface area contributed by atoms with Crippen molar-refractivity contribution in [3.63, 3.8) is 0 Å². The number of rotatable bonds is 3. The number of anilines is 1. The molecule has 1 saturated carbocycles. The van der Waals surface area contributed by atoms with Crippen LogP contribution < -0.4 is 4.90 Å². The smallest absolute Gasteiger partial charge is 0.318 e. The minimum Gasteiger partial charge on any atom is -0.408 e. The fourth-order valence-corrected chi connectivity index (χ4v) is 4.15. The van der Waals surface area contributed by atoms with Crippen molar-refractivity contribution in [2.45, 2.75) is 37.6 Å². The lowest BCUT2D eigenvalue weighted by atomic mass is 10.0. The number of hydrogen-bond donors (Lipinski definition) is 0. The summed E-state index contributed by atoms with van der Waals surface area (Å²) < 4.78 is 5.81. The maximum Gasteiger partial charge on any atom is 0.318 e. The maximum absolute atomic E-state index is 5.81. The highest BCUT2D eigenvalue weighted by Crippen LogP contribution is 2.40. The molecule has 0 atom stereocenters. The Hall–Kier alpha value is -0.750. The van der Waals surface area contributed by atoms with E-state index in [4.69, 9.17) is 4.42 Å². The van der Waals surface area contributed by atoms with Gasteiger partial charge in [0, 0.05) is 49.6 Å². The molecule has 5 nitrogen and oxygen atoms in total. The van der Waals surface area contributed by atoms with E-state index in [-0.39, 0.29) is 0 Å². The molecule has 0 radical (unpaired) electrons. The molecule has 4 rings (SSSR count). The van der Waals surface area contributed by atoms with E-state index in [1.807, 2.05) is 0 Å². The summed E-state index contributed by atoms with van der Waals surface area (Å²) >= 11 is 2.09. The summed E-state index contributed by atoms with van der Waals surface area (Å²) in [5.41, 5.74) is 0. The van der Waals surface area contributed by atoms with E-state index < -0.39 is 0 Å². The molecule has 1 aromatic heterocycles. The van der Waals surface area contributed by atoms with Crippen molar-refractivity contribution in [3.05, 3.63) is 5.89 Å². The quantitative estimate of drug-likeness (QED) is 0.849. The molecule has 2 saturated heterocycles. The first-order chi connectivity index (χ1) is 9.90. The Bertz CT molecular complexity index is 448. The van der Waals surface area contributed by atoms with Crippen LogP contribution in [0.1, 0.15) is 37.5 Å². The van der Waals surface area contributed by atoms with Gasteiger partial charge in [-0.2, -0.15) is 11.8 Å². The highest BCUT2D eigenvalue weighted by atomic mass is 32.2. The monoisotopic (exact) mass is 294 g/mol.